The van der Waals surface area contributed by atoms with E-state index < -0.39 is 0 Å². The Balaban J connectivity index is 2.28. The zero-order valence-electron chi connectivity index (χ0n) is 7.82. The molecule has 0 aromatic carbocycles. The number of aromatic nitrogens is 1. The minimum absolute atomic E-state index is 1.10. The molecular formula is C12H15N. The molecule has 0 fully saturated rings. The number of unbranched alkanes of at least 4 members (excludes halogenated alkanes) is 2. The van der Waals surface area contributed by atoms with Gasteiger partial charge in [0.1, 0.15) is 0 Å². The lowest BCUT2D eigenvalue weighted by molar-refractivity contribution is 0.872. The van der Waals surface area contributed by atoms with Crippen LogP contribution >= 0.6 is 0 Å². The fourth-order valence-corrected chi connectivity index (χ4v) is 1.07. The molecule has 0 aliphatic rings. The zero-order valence-corrected chi connectivity index (χ0v) is 7.82. The first-order valence-electron chi connectivity index (χ1n) is 4.61. The van der Waals surface area contributed by atoms with E-state index in [4.69, 9.17) is 0 Å². The van der Waals surface area contributed by atoms with Gasteiger partial charge in [-0.05, 0) is 37.0 Å². The lowest BCUT2D eigenvalue weighted by atomic mass is 10.2. The summed E-state index contributed by atoms with van der Waals surface area (Å²) in [6.45, 7) is 3.68. The topological polar surface area (TPSA) is 12.9 Å². The van der Waals surface area contributed by atoms with E-state index in [1.807, 2.05) is 30.6 Å². The second-order valence-corrected chi connectivity index (χ2v) is 2.90. The van der Waals surface area contributed by atoms with Gasteiger partial charge in [-0.3, -0.25) is 4.98 Å². The molecule has 1 nitrogen and oxygen atoms in total. The molecule has 0 atom stereocenters. The molecule has 1 aromatic heterocycles. The predicted molar refractivity (Wildman–Crippen MR) is 57.3 cm³/mol. The normalized spacial score (nSPS) is 10.5. The Bertz CT molecular complexity index is 262. The summed E-state index contributed by atoms with van der Waals surface area (Å²) < 4.78 is 0. The summed E-state index contributed by atoms with van der Waals surface area (Å²) in [5.41, 5.74) is 1.22. The van der Waals surface area contributed by atoms with Crippen LogP contribution in [0.15, 0.2) is 43.3 Å². The van der Waals surface area contributed by atoms with Gasteiger partial charge in [-0.25, -0.2) is 0 Å². The maximum atomic E-state index is 3.96. The van der Waals surface area contributed by atoms with E-state index in [2.05, 4.69) is 23.7 Å². The Kier molecular flexibility index (Phi) is 4.62. The molecule has 0 bridgehead atoms. The van der Waals surface area contributed by atoms with Gasteiger partial charge in [0.15, 0.2) is 0 Å². The summed E-state index contributed by atoms with van der Waals surface area (Å²) >= 11 is 0. The van der Waals surface area contributed by atoms with Gasteiger partial charge in [0.05, 0.1) is 0 Å². The first kappa shape index (κ1) is 9.72. The van der Waals surface area contributed by atoms with Crippen LogP contribution in [0.3, 0.4) is 0 Å². The second kappa shape index (κ2) is 6.18. The van der Waals surface area contributed by atoms with Crippen LogP contribution in [0, 0.1) is 0 Å². The molecule has 0 aliphatic heterocycles. The Labute approximate surface area is 79.8 Å². The van der Waals surface area contributed by atoms with Gasteiger partial charge in [0.2, 0.25) is 0 Å². The minimum atomic E-state index is 1.10. The average molecular weight is 173 g/mol. The van der Waals surface area contributed by atoms with Crippen molar-refractivity contribution in [2.45, 2.75) is 19.3 Å². The van der Waals surface area contributed by atoms with Crippen molar-refractivity contribution in [1.29, 1.82) is 0 Å². The molecule has 0 radical (unpaired) electrons. The summed E-state index contributed by atoms with van der Waals surface area (Å²) in [7, 11) is 0. The van der Waals surface area contributed by atoms with Crippen LogP contribution in [0.4, 0.5) is 0 Å². The van der Waals surface area contributed by atoms with E-state index in [-0.39, 0.29) is 0 Å². The van der Waals surface area contributed by atoms with Crippen molar-refractivity contribution < 1.29 is 0 Å². The number of hydrogen-bond donors (Lipinski definition) is 0. The van der Waals surface area contributed by atoms with Gasteiger partial charge in [0.25, 0.3) is 0 Å². The molecule has 68 valence electrons. The van der Waals surface area contributed by atoms with Gasteiger partial charge in [0, 0.05) is 12.4 Å². The van der Waals surface area contributed by atoms with E-state index >= 15 is 0 Å². The van der Waals surface area contributed by atoms with Crippen molar-refractivity contribution in [3.05, 3.63) is 48.8 Å². The Morgan fingerprint density at radius 3 is 2.69 bits per heavy atom. The standard InChI is InChI=1S/C12H15N/c1-2-3-4-5-6-7-12-8-10-13-11-9-12/h2,6-11H,1,3-5H2. The molecule has 1 heterocycles. The molecule has 0 spiro atoms. The smallest absolute Gasteiger partial charge is 0.0273 e. The fourth-order valence-electron chi connectivity index (χ4n) is 1.07. The SMILES string of the molecule is C=CCCCC=Cc1ccncc1. The lowest BCUT2D eigenvalue weighted by Gasteiger charge is -1.91. The van der Waals surface area contributed by atoms with E-state index in [0.29, 0.717) is 0 Å². The number of pyridine rings is 1. The third-order valence-corrected chi connectivity index (χ3v) is 1.80. The molecule has 0 aliphatic carbocycles. The highest BCUT2D eigenvalue weighted by molar-refractivity contribution is 5.47. The Morgan fingerprint density at radius 1 is 1.23 bits per heavy atom. The average Bonchev–Trinajstić information content (AvgIpc) is 2.19. The first-order chi connectivity index (χ1) is 6.43. The molecule has 0 saturated heterocycles. The van der Waals surface area contributed by atoms with E-state index in [1.165, 1.54) is 12.0 Å². The molecule has 13 heavy (non-hydrogen) atoms. The zero-order chi connectivity index (χ0) is 9.36. The summed E-state index contributed by atoms with van der Waals surface area (Å²) in [4.78, 5) is 3.96. The van der Waals surface area contributed by atoms with Crippen molar-refractivity contribution in [2.75, 3.05) is 0 Å². The highest BCUT2D eigenvalue weighted by Crippen LogP contribution is 2.03. The van der Waals surface area contributed by atoms with E-state index in [1.54, 1.807) is 0 Å². The highest BCUT2D eigenvalue weighted by atomic mass is 14.6. The van der Waals surface area contributed by atoms with Crippen LogP contribution in [0.5, 0.6) is 0 Å². The number of nitrogens with zero attached hydrogens (tertiary/aromatic N) is 1. The van der Waals surface area contributed by atoms with Gasteiger partial charge < -0.3 is 0 Å². The summed E-state index contributed by atoms with van der Waals surface area (Å²) in [6.07, 6.45) is 13.3. The first-order valence-corrected chi connectivity index (χ1v) is 4.61. The lowest BCUT2D eigenvalue weighted by Crippen LogP contribution is -1.73. The summed E-state index contributed by atoms with van der Waals surface area (Å²) in [6, 6.07) is 4.01. The van der Waals surface area contributed by atoms with Crippen LogP contribution in [0.1, 0.15) is 24.8 Å². The monoisotopic (exact) mass is 173 g/mol. The fraction of sp³-hybridized carbons (Fsp3) is 0.250. The van der Waals surface area contributed by atoms with Crippen molar-refractivity contribution >= 4 is 6.08 Å². The van der Waals surface area contributed by atoms with Crippen LogP contribution in [0.2, 0.25) is 0 Å². The number of hydrogen-bond acceptors (Lipinski definition) is 1. The third kappa shape index (κ3) is 4.26. The highest BCUT2D eigenvalue weighted by Gasteiger charge is 1.83. The molecule has 0 N–H and O–H groups in total. The third-order valence-electron chi connectivity index (χ3n) is 1.80. The van der Waals surface area contributed by atoms with E-state index in [0.717, 1.165) is 12.8 Å². The van der Waals surface area contributed by atoms with Crippen LogP contribution < -0.4 is 0 Å². The maximum absolute atomic E-state index is 3.96. The number of rotatable bonds is 5. The molecule has 0 saturated carbocycles. The molecule has 1 aromatic rings. The summed E-state index contributed by atoms with van der Waals surface area (Å²) in [5.74, 6) is 0. The quantitative estimate of drug-likeness (QED) is 0.491. The van der Waals surface area contributed by atoms with Crippen LogP contribution in [-0.2, 0) is 0 Å². The molecule has 1 heteroatoms. The van der Waals surface area contributed by atoms with Crippen molar-refractivity contribution in [2.24, 2.45) is 0 Å². The van der Waals surface area contributed by atoms with Crippen molar-refractivity contribution in [3.63, 3.8) is 0 Å². The van der Waals surface area contributed by atoms with Gasteiger partial charge in [-0.2, -0.15) is 0 Å². The predicted octanol–water partition coefficient (Wildman–Crippen LogP) is 3.45. The minimum Gasteiger partial charge on any atom is -0.265 e. The van der Waals surface area contributed by atoms with Gasteiger partial charge in [-0.1, -0.05) is 18.2 Å². The molecular weight excluding hydrogens is 158 g/mol. The van der Waals surface area contributed by atoms with Crippen molar-refractivity contribution in [1.82, 2.24) is 4.98 Å². The molecule has 0 unspecified atom stereocenters. The largest absolute Gasteiger partial charge is 0.265 e. The van der Waals surface area contributed by atoms with Crippen molar-refractivity contribution in [3.8, 4) is 0 Å². The van der Waals surface area contributed by atoms with Crippen LogP contribution in [-0.4, -0.2) is 4.98 Å². The van der Waals surface area contributed by atoms with Gasteiger partial charge >= 0.3 is 0 Å². The number of allylic oxidation sites excluding steroid dienone is 2. The Hall–Kier alpha value is -1.37. The summed E-state index contributed by atoms with van der Waals surface area (Å²) in [5, 5.41) is 0. The van der Waals surface area contributed by atoms with E-state index in [9.17, 15) is 0 Å². The van der Waals surface area contributed by atoms with Gasteiger partial charge in [-0.15, -0.1) is 6.58 Å². The Morgan fingerprint density at radius 2 is 2.00 bits per heavy atom. The van der Waals surface area contributed by atoms with Crippen LogP contribution in [0.25, 0.3) is 6.08 Å². The molecule has 0 amide bonds. The second-order valence-electron chi connectivity index (χ2n) is 2.90. The molecule has 1 rings (SSSR count). The maximum Gasteiger partial charge on any atom is 0.0273 e.